The van der Waals surface area contributed by atoms with Gasteiger partial charge in [0.1, 0.15) is 10.8 Å². The van der Waals surface area contributed by atoms with Gasteiger partial charge in [0.25, 0.3) is 0 Å². The maximum absolute atomic E-state index is 9.47. The van der Waals surface area contributed by atoms with Gasteiger partial charge in [0, 0.05) is 12.3 Å². The Morgan fingerprint density at radius 2 is 2.14 bits per heavy atom. The molecule has 0 unspecified atom stereocenters. The topological polar surface area (TPSA) is 71.0 Å². The lowest BCUT2D eigenvalue weighted by atomic mass is 10.2. The molecule has 0 fully saturated rings. The van der Waals surface area contributed by atoms with Crippen molar-refractivity contribution in [2.24, 2.45) is 0 Å². The van der Waals surface area contributed by atoms with Crippen LogP contribution >= 0.6 is 11.8 Å². The number of aliphatic hydroxyl groups excluding tert-OH is 1. The highest BCUT2D eigenvalue weighted by Gasteiger charge is 2.07. The predicted octanol–water partition coefficient (Wildman–Crippen LogP) is 3.17. The average Bonchev–Trinajstić information content (AvgIpc) is 2.88. The summed E-state index contributed by atoms with van der Waals surface area (Å²) < 4.78 is 5.19. The van der Waals surface area contributed by atoms with Gasteiger partial charge < -0.3 is 14.8 Å². The zero-order valence-electron chi connectivity index (χ0n) is 11.7. The van der Waals surface area contributed by atoms with Gasteiger partial charge in [-0.15, -0.1) is 0 Å². The van der Waals surface area contributed by atoms with Crippen LogP contribution < -0.4 is 4.74 Å². The zero-order chi connectivity index (χ0) is 14.8. The van der Waals surface area contributed by atoms with Crippen molar-refractivity contribution in [3.05, 3.63) is 42.1 Å². The van der Waals surface area contributed by atoms with Crippen LogP contribution in [-0.4, -0.2) is 27.2 Å². The second-order valence-electron chi connectivity index (χ2n) is 4.63. The van der Waals surface area contributed by atoms with E-state index in [1.54, 1.807) is 20.2 Å². The third-order valence-electron chi connectivity index (χ3n) is 3.11. The second-order valence-corrected chi connectivity index (χ2v) is 5.64. The van der Waals surface area contributed by atoms with Gasteiger partial charge in [-0.25, -0.2) is 9.97 Å². The van der Waals surface area contributed by atoms with Crippen molar-refractivity contribution in [3.8, 4) is 5.75 Å². The van der Waals surface area contributed by atoms with Crippen LogP contribution in [0.1, 0.15) is 18.6 Å². The van der Waals surface area contributed by atoms with E-state index in [-0.39, 0.29) is 0 Å². The molecule has 2 aromatic heterocycles. The standard InChI is InChI=1S/C15H15N3O2S/c1-9(19)10-3-6-14(16-8-10)21-15-17-12-5-4-11(20-2)7-13(12)18-15/h3-9,19H,1-2H3,(H,17,18)/t9-/m0/s1. The maximum atomic E-state index is 9.47. The van der Waals surface area contributed by atoms with Crippen molar-refractivity contribution in [1.82, 2.24) is 15.0 Å². The lowest BCUT2D eigenvalue weighted by Gasteiger charge is -2.03. The Kier molecular flexibility index (Phi) is 3.81. The number of imidazole rings is 1. The van der Waals surface area contributed by atoms with Gasteiger partial charge in [0.2, 0.25) is 0 Å². The number of fused-ring (bicyclic) bond motifs is 1. The van der Waals surface area contributed by atoms with E-state index in [0.717, 1.165) is 32.5 Å². The van der Waals surface area contributed by atoms with Crippen LogP contribution in [0.3, 0.4) is 0 Å². The number of rotatable bonds is 4. The lowest BCUT2D eigenvalue weighted by molar-refractivity contribution is 0.198. The van der Waals surface area contributed by atoms with E-state index >= 15 is 0 Å². The maximum Gasteiger partial charge on any atom is 0.172 e. The van der Waals surface area contributed by atoms with Crippen molar-refractivity contribution in [2.45, 2.75) is 23.2 Å². The molecule has 108 valence electrons. The minimum absolute atomic E-state index is 0.504. The second kappa shape index (κ2) is 5.75. The lowest BCUT2D eigenvalue weighted by Crippen LogP contribution is -1.92. The Morgan fingerprint density at radius 1 is 1.29 bits per heavy atom. The number of hydrogen-bond donors (Lipinski definition) is 2. The molecule has 5 nitrogen and oxygen atoms in total. The molecule has 21 heavy (non-hydrogen) atoms. The van der Waals surface area contributed by atoms with Crippen LogP contribution in [-0.2, 0) is 0 Å². The number of ether oxygens (including phenoxy) is 1. The predicted molar refractivity (Wildman–Crippen MR) is 81.6 cm³/mol. The van der Waals surface area contributed by atoms with E-state index in [1.807, 2.05) is 30.3 Å². The Labute approximate surface area is 126 Å². The highest BCUT2D eigenvalue weighted by Crippen LogP contribution is 2.27. The number of methoxy groups -OCH3 is 1. The number of aromatic nitrogens is 3. The average molecular weight is 301 g/mol. The number of benzene rings is 1. The van der Waals surface area contributed by atoms with Crippen LogP contribution in [0.5, 0.6) is 5.75 Å². The first-order valence-electron chi connectivity index (χ1n) is 6.51. The molecule has 0 saturated heterocycles. The first-order chi connectivity index (χ1) is 10.2. The Hall–Kier alpha value is -2.05. The molecule has 6 heteroatoms. The summed E-state index contributed by atoms with van der Waals surface area (Å²) in [4.78, 5) is 12.1. The van der Waals surface area contributed by atoms with Gasteiger partial charge in [0.05, 0.1) is 24.2 Å². The van der Waals surface area contributed by atoms with Gasteiger partial charge in [-0.3, -0.25) is 0 Å². The van der Waals surface area contributed by atoms with E-state index in [2.05, 4.69) is 15.0 Å². The molecule has 1 aromatic carbocycles. The summed E-state index contributed by atoms with van der Waals surface area (Å²) in [5.74, 6) is 0.794. The molecule has 3 rings (SSSR count). The van der Waals surface area contributed by atoms with Gasteiger partial charge >= 0.3 is 0 Å². The first kappa shape index (κ1) is 13.9. The molecule has 0 bridgehead atoms. The van der Waals surface area contributed by atoms with Crippen molar-refractivity contribution in [1.29, 1.82) is 0 Å². The number of H-pyrrole nitrogens is 1. The van der Waals surface area contributed by atoms with E-state index in [4.69, 9.17) is 4.74 Å². The van der Waals surface area contributed by atoms with Gasteiger partial charge in [0.15, 0.2) is 5.16 Å². The Bertz CT molecular complexity index is 753. The fraction of sp³-hybridized carbons (Fsp3) is 0.200. The number of nitrogens with zero attached hydrogens (tertiary/aromatic N) is 2. The third-order valence-corrected chi connectivity index (χ3v) is 3.95. The first-order valence-corrected chi connectivity index (χ1v) is 7.33. The number of pyridine rings is 1. The third kappa shape index (κ3) is 3.01. The summed E-state index contributed by atoms with van der Waals surface area (Å²) in [6.07, 6.45) is 1.17. The molecular formula is C15H15N3O2S. The number of aromatic amines is 1. The summed E-state index contributed by atoms with van der Waals surface area (Å²) in [5.41, 5.74) is 2.62. The normalized spacial score (nSPS) is 12.5. The molecule has 0 saturated carbocycles. The highest BCUT2D eigenvalue weighted by atomic mass is 32.2. The Morgan fingerprint density at radius 3 is 2.81 bits per heavy atom. The van der Waals surface area contributed by atoms with Crippen molar-refractivity contribution in [3.63, 3.8) is 0 Å². The molecule has 0 amide bonds. The number of nitrogens with one attached hydrogen (secondary N) is 1. The van der Waals surface area contributed by atoms with Crippen LogP contribution in [0.2, 0.25) is 0 Å². The molecule has 2 heterocycles. The summed E-state index contributed by atoms with van der Waals surface area (Å²) in [5, 5.41) is 11.1. The van der Waals surface area contributed by atoms with Gasteiger partial charge in [-0.05, 0) is 42.4 Å². The quantitative estimate of drug-likeness (QED) is 0.774. The zero-order valence-corrected chi connectivity index (χ0v) is 12.5. The van der Waals surface area contributed by atoms with Crippen molar-refractivity contribution in [2.75, 3.05) is 7.11 Å². The number of aliphatic hydroxyl groups is 1. The monoisotopic (exact) mass is 301 g/mol. The molecule has 0 aliphatic heterocycles. The van der Waals surface area contributed by atoms with Crippen LogP contribution in [0.15, 0.2) is 46.7 Å². The molecule has 3 aromatic rings. The molecule has 0 aliphatic carbocycles. The molecule has 1 atom stereocenters. The van der Waals surface area contributed by atoms with E-state index in [9.17, 15) is 5.11 Å². The summed E-state index contributed by atoms with van der Waals surface area (Å²) in [6, 6.07) is 9.45. The molecule has 0 spiro atoms. The summed E-state index contributed by atoms with van der Waals surface area (Å²) >= 11 is 1.45. The molecule has 0 aliphatic rings. The fourth-order valence-electron chi connectivity index (χ4n) is 1.94. The van der Waals surface area contributed by atoms with Crippen LogP contribution in [0.4, 0.5) is 0 Å². The van der Waals surface area contributed by atoms with E-state index < -0.39 is 6.10 Å². The van der Waals surface area contributed by atoms with E-state index in [0.29, 0.717) is 0 Å². The van der Waals surface area contributed by atoms with Crippen LogP contribution in [0, 0.1) is 0 Å². The number of hydrogen-bond acceptors (Lipinski definition) is 5. The smallest absolute Gasteiger partial charge is 0.172 e. The minimum atomic E-state index is -0.504. The summed E-state index contributed by atoms with van der Waals surface area (Å²) in [6.45, 7) is 1.72. The SMILES string of the molecule is COc1ccc2nc(Sc3ccc([C@H](C)O)cn3)[nH]c2c1. The largest absolute Gasteiger partial charge is 0.497 e. The summed E-state index contributed by atoms with van der Waals surface area (Å²) in [7, 11) is 1.64. The minimum Gasteiger partial charge on any atom is -0.497 e. The Balaban J connectivity index is 1.84. The molecule has 2 N–H and O–H groups in total. The van der Waals surface area contributed by atoms with Crippen molar-refractivity contribution >= 4 is 22.8 Å². The van der Waals surface area contributed by atoms with Crippen molar-refractivity contribution < 1.29 is 9.84 Å². The highest BCUT2D eigenvalue weighted by molar-refractivity contribution is 7.99. The fourth-order valence-corrected chi connectivity index (χ4v) is 2.68. The van der Waals surface area contributed by atoms with Gasteiger partial charge in [-0.2, -0.15) is 0 Å². The van der Waals surface area contributed by atoms with E-state index in [1.165, 1.54) is 11.8 Å². The van der Waals surface area contributed by atoms with Gasteiger partial charge in [-0.1, -0.05) is 6.07 Å². The molecule has 0 radical (unpaired) electrons. The van der Waals surface area contributed by atoms with Crippen LogP contribution in [0.25, 0.3) is 11.0 Å². The molecular weight excluding hydrogens is 286 g/mol.